The van der Waals surface area contributed by atoms with Crippen LogP contribution in [0, 0.1) is 5.41 Å². The molecule has 0 aliphatic rings. The maximum absolute atomic E-state index is 12.3. The molecule has 0 radical (unpaired) electrons. The van der Waals surface area contributed by atoms with Crippen LogP contribution in [0.5, 0.6) is 0 Å². The Morgan fingerprint density at radius 2 is 1.24 bits per heavy atom. The van der Waals surface area contributed by atoms with Gasteiger partial charge in [0.1, 0.15) is 23.2 Å². The summed E-state index contributed by atoms with van der Waals surface area (Å²) in [7, 11) is 1.46. The Morgan fingerprint density at radius 3 is 1.65 bits per heavy atom. The van der Waals surface area contributed by atoms with Crippen molar-refractivity contribution in [3.05, 3.63) is 91.0 Å². The lowest BCUT2D eigenvalue weighted by atomic mass is 10.4. The van der Waals surface area contributed by atoms with Crippen LogP contribution in [0.1, 0.15) is 0 Å². The number of benzene rings is 3. The Balaban J connectivity index is 1.74. The minimum atomic E-state index is -1.92. The van der Waals surface area contributed by atoms with Gasteiger partial charge in [0.05, 0.1) is 25.9 Å². The van der Waals surface area contributed by atoms with Crippen LogP contribution in [0.3, 0.4) is 0 Å². The first-order valence-corrected chi connectivity index (χ1v) is 13.3. The van der Waals surface area contributed by atoms with Crippen LogP contribution in [0.25, 0.3) is 0 Å². The van der Waals surface area contributed by atoms with Crippen LogP contribution in [0.15, 0.2) is 91.0 Å². The molecule has 3 N–H and O–H groups in total. The van der Waals surface area contributed by atoms with Gasteiger partial charge in [-0.1, -0.05) is 54.6 Å². The zero-order chi connectivity index (χ0) is 24.4. The molecule has 0 bridgehead atoms. The monoisotopic (exact) mass is 477 g/mol. The number of carbonyl (C=O) groups excluding carboxylic acids is 1. The van der Waals surface area contributed by atoms with Gasteiger partial charge in [-0.05, 0) is 36.4 Å². The van der Waals surface area contributed by atoms with Crippen LogP contribution in [0.4, 0.5) is 0 Å². The second-order valence-electron chi connectivity index (χ2n) is 8.21. The number of ether oxygens (including phenoxy) is 1. The number of guanidine groups is 1. The standard InChI is InChI=1S/C27H34N4O2P/c1-30(26(32)22-31(2)27(28)29)18-19-33-20-21-34(23-12-6-3-7-13-23,24-14-8-4-9-15-24)25-16-10-5-11-17-25/h3-17H,18-22H2,1-2H3,(H3,28,29)/q+1. The molecule has 178 valence electrons. The molecule has 0 unspecified atom stereocenters. The Labute approximate surface area is 203 Å². The average Bonchev–Trinajstić information content (AvgIpc) is 2.87. The van der Waals surface area contributed by atoms with Crippen molar-refractivity contribution >= 4 is 35.0 Å². The molecule has 3 rings (SSSR count). The van der Waals surface area contributed by atoms with E-state index in [0.29, 0.717) is 19.8 Å². The minimum absolute atomic E-state index is 0.0799. The van der Waals surface area contributed by atoms with E-state index in [1.165, 1.54) is 20.8 Å². The van der Waals surface area contributed by atoms with E-state index < -0.39 is 7.26 Å². The third-order valence-corrected chi connectivity index (χ3v) is 10.3. The molecule has 0 heterocycles. The normalized spacial score (nSPS) is 11.1. The molecule has 1 amide bonds. The highest BCUT2D eigenvalue weighted by Gasteiger charge is 2.44. The lowest BCUT2D eigenvalue weighted by molar-refractivity contribution is -0.130. The van der Waals surface area contributed by atoms with E-state index in [1.807, 2.05) is 0 Å². The van der Waals surface area contributed by atoms with Crippen molar-refractivity contribution in [3.63, 3.8) is 0 Å². The van der Waals surface area contributed by atoms with Crippen molar-refractivity contribution in [3.8, 4) is 0 Å². The lowest BCUT2D eigenvalue weighted by Crippen LogP contribution is -2.42. The maximum atomic E-state index is 12.3. The predicted molar refractivity (Wildman–Crippen MR) is 143 cm³/mol. The summed E-state index contributed by atoms with van der Waals surface area (Å²) in [6.07, 6.45) is 0.871. The highest BCUT2D eigenvalue weighted by atomic mass is 31.2. The smallest absolute Gasteiger partial charge is 0.242 e. The molecule has 3 aromatic carbocycles. The lowest BCUT2D eigenvalue weighted by Gasteiger charge is -2.28. The maximum Gasteiger partial charge on any atom is 0.242 e. The fraction of sp³-hybridized carbons (Fsp3) is 0.259. The summed E-state index contributed by atoms with van der Waals surface area (Å²) < 4.78 is 6.08. The molecule has 0 aliphatic heterocycles. The van der Waals surface area contributed by atoms with Gasteiger partial charge < -0.3 is 20.3 Å². The number of hydrogen-bond acceptors (Lipinski definition) is 3. The third kappa shape index (κ3) is 6.22. The number of hydrogen-bond donors (Lipinski definition) is 2. The van der Waals surface area contributed by atoms with Crippen molar-refractivity contribution in [2.75, 3.05) is 46.6 Å². The number of likely N-dealkylation sites (N-methyl/N-ethyl adjacent to an activating group) is 2. The molecular weight excluding hydrogens is 443 g/mol. The van der Waals surface area contributed by atoms with Gasteiger partial charge in [0.25, 0.3) is 0 Å². The van der Waals surface area contributed by atoms with Gasteiger partial charge in [-0.2, -0.15) is 0 Å². The van der Waals surface area contributed by atoms with Gasteiger partial charge in [0, 0.05) is 20.6 Å². The Bertz CT molecular complexity index is 951. The van der Waals surface area contributed by atoms with E-state index >= 15 is 0 Å². The second-order valence-corrected chi connectivity index (χ2v) is 11.8. The van der Waals surface area contributed by atoms with Gasteiger partial charge in [-0.15, -0.1) is 0 Å². The zero-order valence-electron chi connectivity index (χ0n) is 19.9. The van der Waals surface area contributed by atoms with E-state index in [4.69, 9.17) is 15.9 Å². The Morgan fingerprint density at radius 1 is 0.794 bits per heavy atom. The fourth-order valence-corrected chi connectivity index (χ4v) is 8.04. The van der Waals surface area contributed by atoms with Crippen molar-refractivity contribution in [2.45, 2.75) is 0 Å². The van der Waals surface area contributed by atoms with E-state index in [-0.39, 0.29) is 18.4 Å². The van der Waals surface area contributed by atoms with Gasteiger partial charge in [0.2, 0.25) is 5.91 Å². The first-order valence-electron chi connectivity index (χ1n) is 11.4. The SMILES string of the molecule is CN(CC(=O)N(C)CCOCC[P+](c1ccccc1)(c1ccccc1)c1ccccc1)C(=N)N. The first-order chi connectivity index (χ1) is 16.4. The van der Waals surface area contributed by atoms with E-state index in [1.54, 1.807) is 19.0 Å². The molecule has 0 aliphatic carbocycles. The molecule has 0 saturated heterocycles. The van der Waals surface area contributed by atoms with Gasteiger partial charge >= 0.3 is 0 Å². The number of nitrogens with zero attached hydrogens (tertiary/aromatic N) is 2. The summed E-state index contributed by atoms with van der Waals surface area (Å²) in [5, 5.41) is 11.4. The number of amides is 1. The molecule has 7 heteroatoms. The van der Waals surface area contributed by atoms with Crippen molar-refractivity contribution in [1.82, 2.24) is 9.80 Å². The fourth-order valence-electron chi connectivity index (χ4n) is 3.92. The van der Waals surface area contributed by atoms with Crippen molar-refractivity contribution in [1.29, 1.82) is 5.41 Å². The molecule has 0 spiro atoms. The molecule has 3 aromatic rings. The van der Waals surface area contributed by atoms with Gasteiger partial charge in [0.15, 0.2) is 5.96 Å². The number of nitrogens with one attached hydrogen (secondary N) is 1. The first kappa shape index (κ1) is 25.4. The molecule has 0 fully saturated rings. The van der Waals surface area contributed by atoms with Crippen LogP contribution >= 0.6 is 7.26 Å². The highest BCUT2D eigenvalue weighted by molar-refractivity contribution is 7.95. The van der Waals surface area contributed by atoms with Gasteiger partial charge in [-0.3, -0.25) is 10.2 Å². The second kappa shape index (κ2) is 12.3. The average molecular weight is 478 g/mol. The number of nitrogens with two attached hydrogens (primary N) is 1. The minimum Gasteiger partial charge on any atom is -0.376 e. The van der Waals surface area contributed by atoms with E-state index in [9.17, 15) is 4.79 Å². The predicted octanol–water partition coefficient (Wildman–Crippen LogP) is 2.28. The quantitative estimate of drug-likeness (QED) is 0.192. The molecule has 0 atom stereocenters. The van der Waals surface area contributed by atoms with Gasteiger partial charge in [-0.25, -0.2) is 0 Å². The summed E-state index contributed by atoms with van der Waals surface area (Å²) in [6, 6.07) is 32.2. The molecular formula is C27H34N4O2P+. The number of carbonyl (C=O) groups is 1. The van der Waals surface area contributed by atoms with Crippen LogP contribution < -0.4 is 21.6 Å². The van der Waals surface area contributed by atoms with E-state index in [2.05, 4.69) is 91.0 Å². The zero-order valence-corrected chi connectivity index (χ0v) is 20.8. The molecule has 0 aromatic heterocycles. The summed E-state index contributed by atoms with van der Waals surface area (Å²) in [5.74, 6) is -0.220. The van der Waals surface area contributed by atoms with Crippen LogP contribution in [0.2, 0.25) is 0 Å². The van der Waals surface area contributed by atoms with Crippen LogP contribution in [-0.2, 0) is 9.53 Å². The van der Waals surface area contributed by atoms with E-state index in [0.717, 1.165) is 6.16 Å². The summed E-state index contributed by atoms with van der Waals surface area (Å²) in [4.78, 5) is 15.4. The summed E-state index contributed by atoms with van der Waals surface area (Å²) >= 11 is 0. The summed E-state index contributed by atoms with van der Waals surface area (Å²) in [6.45, 7) is 1.60. The molecule has 34 heavy (non-hydrogen) atoms. The highest BCUT2D eigenvalue weighted by Crippen LogP contribution is 2.54. The third-order valence-electron chi connectivity index (χ3n) is 5.94. The topological polar surface area (TPSA) is 82.7 Å². The van der Waals surface area contributed by atoms with Crippen LogP contribution in [-0.4, -0.2) is 68.2 Å². The summed E-state index contributed by atoms with van der Waals surface area (Å²) in [5.41, 5.74) is 5.43. The number of rotatable bonds is 11. The van der Waals surface area contributed by atoms with Crippen molar-refractivity contribution in [2.24, 2.45) is 5.73 Å². The van der Waals surface area contributed by atoms with Crippen molar-refractivity contribution < 1.29 is 9.53 Å². The largest absolute Gasteiger partial charge is 0.376 e. The Kier molecular flexibility index (Phi) is 9.20. The molecule has 6 nitrogen and oxygen atoms in total. The molecule has 0 saturated carbocycles. The Hall–Kier alpha value is -3.21.